The number of nitrogens with zero attached hydrogens (tertiary/aromatic N) is 1. The molecule has 0 aliphatic carbocycles. The van der Waals surface area contributed by atoms with Crippen molar-refractivity contribution in [1.82, 2.24) is 4.98 Å². The maximum absolute atomic E-state index is 13.2. The molecule has 0 unspecified atom stereocenters. The number of hydrogen-bond acceptors (Lipinski definition) is 2. The summed E-state index contributed by atoms with van der Waals surface area (Å²) in [6.45, 7) is 1.76. The van der Waals surface area contributed by atoms with Crippen LogP contribution in [0.15, 0.2) is 39.4 Å². The number of hydrogen-bond donors (Lipinski definition) is 0. The number of aryl methyl sites for hydroxylation is 1. The summed E-state index contributed by atoms with van der Waals surface area (Å²) < 4.78 is 14.5. The van der Waals surface area contributed by atoms with E-state index in [0.717, 1.165) is 10.0 Å². The van der Waals surface area contributed by atoms with E-state index in [2.05, 4.69) is 36.8 Å². The largest absolute Gasteiger partial charge is 0.287 e. The number of benzene rings is 1. The quantitative estimate of drug-likeness (QED) is 0.736. The molecule has 5 heteroatoms. The van der Waals surface area contributed by atoms with E-state index < -0.39 is 5.82 Å². The molecule has 0 saturated carbocycles. The van der Waals surface area contributed by atoms with Gasteiger partial charge in [-0.2, -0.15) is 0 Å². The Morgan fingerprint density at radius 3 is 2.67 bits per heavy atom. The number of aromatic nitrogens is 1. The highest BCUT2D eigenvalue weighted by Gasteiger charge is 2.17. The maximum atomic E-state index is 13.2. The molecule has 1 aromatic heterocycles. The Morgan fingerprint density at radius 2 is 2.00 bits per heavy atom. The number of rotatable bonds is 2. The predicted octanol–water partition coefficient (Wildman–Crippen LogP) is 4.29. The van der Waals surface area contributed by atoms with Crippen LogP contribution in [-0.2, 0) is 0 Å². The van der Waals surface area contributed by atoms with E-state index in [1.165, 1.54) is 18.3 Å². The lowest BCUT2D eigenvalue weighted by Gasteiger charge is -2.06. The van der Waals surface area contributed by atoms with E-state index >= 15 is 0 Å². The van der Waals surface area contributed by atoms with E-state index in [1.54, 1.807) is 19.1 Å². The minimum atomic E-state index is -0.433. The van der Waals surface area contributed by atoms with E-state index in [4.69, 9.17) is 0 Å². The molecule has 2 aromatic rings. The zero-order valence-corrected chi connectivity index (χ0v) is 12.5. The molecule has 18 heavy (non-hydrogen) atoms. The van der Waals surface area contributed by atoms with Gasteiger partial charge in [0.15, 0.2) is 0 Å². The summed E-state index contributed by atoms with van der Waals surface area (Å²) in [7, 11) is 0. The third-order valence-electron chi connectivity index (χ3n) is 2.47. The first-order valence-electron chi connectivity index (χ1n) is 5.11. The second-order valence-corrected chi connectivity index (χ2v) is 5.54. The van der Waals surface area contributed by atoms with Crippen LogP contribution in [0.1, 0.15) is 21.6 Å². The molecule has 0 bridgehead atoms. The predicted molar refractivity (Wildman–Crippen MR) is 74.2 cm³/mol. The first kappa shape index (κ1) is 13.4. The third-order valence-corrected chi connectivity index (χ3v) is 3.51. The van der Waals surface area contributed by atoms with Crippen molar-refractivity contribution >= 4 is 37.6 Å². The Hall–Kier alpha value is -1.07. The molecule has 92 valence electrons. The zero-order valence-electron chi connectivity index (χ0n) is 9.38. The van der Waals surface area contributed by atoms with Gasteiger partial charge in [0, 0.05) is 20.7 Å². The monoisotopic (exact) mass is 371 g/mol. The van der Waals surface area contributed by atoms with Gasteiger partial charge in [-0.05, 0) is 62.5 Å². The SMILES string of the molecule is Cc1ccc(F)cc1C(=O)c1ncc(Br)cc1Br. The second-order valence-electron chi connectivity index (χ2n) is 3.77. The standard InChI is InChI=1S/C13H8Br2FNO/c1-7-2-3-9(16)5-10(7)13(18)12-11(15)4-8(14)6-17-12/h2-6H,1H3. The maximum Gasteiger partial charge on any atom is 0.212 e. The first-order chi connectivity index (χ1) is 8.49. The number of halogens is 3. The fraction of sp³-hybridized carbons (Fsp3) is 0.0769. The van der Waals surface area contributed by atoms with Crippen molar-refractivity contribution in [2.24, 2.45) is 0 Å². The molecule has 0 spiro atoms. The summed E-state index contributed by atoms with van der Waals surface area (Å²) in [4.78, 5) is 16.3. The Bertz CT molecular complexity index is 628. The Labute approximate surface area is 121 Å². The topological polar surface area (TPSA) is 30.0 Å². The lowest BCUT2D eigenvalue weighted by Crippen LogP contribution is -2.07. The van der Waals surface area contributed by atoms with E-state index in [1.807, 2.05) is 0 Å². The van der Waals surface area contributed by atoms with Crippen LogP contribution in [-0.4, -0.2) is 10.8 Å². The zero-order chi connectivity index (χ0) is 13.3. The second kappa shape index (κ2) is 5.28. The number of carbonyl (C=O) groups is 1. The lowest BCUT2D eigenvalue weighted by atomic mass is 10.0. The molecule has 0 N–H and O–H groups in total. The minimum absolute atomic E-state index is 0.270. The van der Waals surface area contributed by atoms with Gasteiger partial charge < -0.3 is 0 Å². The van der Waals surface area contributed by atoms with Crippen molar-refractivity contribution in [1.29, 1.82) is 0 Å². The van der Waals surface area contributed by atoms with Crippen LogP contribution in [0.25, 0.3) is 0 Å². The summed E-state index contributed by atoms with van der Waals surface area (Å²) in [5, 5.41) is 0. The highest BCUT2D eigenvalue weighted by atomic mass is 79.9. The number of carbonyl (C=O) groups excluding carboxylic acids is 1. The molecule has 1 heterocycles. The molecule has 2 nitrogen and oxygen atoms in total. The minimum Gasteiger partial charge on any atom is -0.287 e. The van der Waals surface area contributed by atoms with Crippen LogP contribution >= 0.6 is 31.9 Å². The van der Waals surface area contributed by atoms with Crippen LogP contribution in [0, 0.1) is 12.7 Å². The molecule has 0 fully saturated rings. The average molecular weight is 373 g/mol. The van der Waals surface area contributed by atoms with Crippen LogP contribution in [0.3, 0.4) is 0 Å². The van der Waals surface area contributed by atoms with Crippen molar-refractivity contribution in [2.45, 2.75) is 6.92 Å². The highest BCUT2D eigenvalue weighted by molar-refractivity contribution is 9.11. The molecular formula is C13H8Br2FNO. The van der Waals surface area contributed by atoms with E-state index in [9.17, 15) is 9.18 Å². The van der Waals surface area contributed by atoms with Gasteiger partial charge in [-0.3, -0.25) is 9.78 Å². The summed E-state index contributed by atoms with van der Waals surface area (Å²) in [5.41, 5.74) is 1.32. The van der Waals surface area contributed by atoms with Gasteiger partial charge in [0.25, 0.3) is 0 Å². The van der Waals surface area contributed by atoms with Crippen molar-refractivity contribution in [3.8, 4) is 0 Å². The van der Waals surface area contributed by atoms with E-state index in [-0.39, 0.29) is 11.5 Å². The van der Waals surface area contributed by atoms with Gasteiger partial charge in [-0.15, -0.1) is 0 Å². The molecule has 0 radical (unpaired) electrons. The third kappa shape index (κ3) is 2.67. The summed E-state index contributed by atoms with van der Waals surface area (Å²) in [6, 6.07) is 5.87. The van der Waals surface area contributed by atoms with Gasteiger partial charge in [-0.1, -0.05) is 6.07 Å². The molecule has 0 atom stereocenters. The number of ketones is 1. The molecule has 2 rings (SSSR count). The summed E-state index contributed by atoms with van der Waals surface area (Å²) >= 11 is 6.54. The van der Waals surface area contributed by atoms with Gasteiger partial charge >= 0.3 is 0 Å². The average Bonchev–Trinajstić information content (AvgIpc) is 2.31. The van der Waals surface area contributed by atoms with Crippen LogP contribution in [0.2, 0.25) is 0 Å². The van der Waals surface area contributed by atoms with Gasteiger partial charge in [0.05, 0.1) is 0 Å². The molecule has 0 aliphatic heterocycles. The summed E-state index contributed by atoms with van der Waals surface area (Å²) in [6.07, 6.45) is 1.53. The Balaban J connectivity index is 2.51. The van der Waals surface area contributed by atoms with Gasteiger partial charge in [0.1, 0.15) is 11.5 Å². The van der Waals surface area contributed by atoms with Crippen molar-refractivity contribution in [3.63, 3.8) is 0 Å². The Morgan fingerprint density at radius 1 is 1.28 bits per heavy atom. The highest BCUT2D eigenvalue weighted by Crippen LogP contribution is 2.23. The van der Waals surface area contributed by atoms with Gasteiger partial charge in [-0.25, -0.2) is 4.39 Å². The van der Waals surface area contributed by atoms with E-state index in [0.29, 0.717) is 10.0 Å². The van der Waals surface area contributed by atoms with Gasteiger partial charge in [0.2, 0.25) is 5.78 Å². The smallest absolute Gasteiger partial charge is 0.212 e. The normalized spacial score (nSPS) is 10.4. The fourth-order valence-electron chi connectivity index (χ4n) is 1.55. The lowest BCUT2D eigenvalue weighted by molar-refractivity contribution is 0.103. The molecule has 0 aliphatic rings. The summed E-state index contributed by atoms with van der Waals surface area (Å²) in [5.74, 6) is -0.733. The fourth-order valence-corrected chi connectivity index (χ4v) is 2.72. The molecule has 0 amide bonds. The van der Waals surface area contributed by atoms with Crippen molar-refractivity contribution in [2.75, 3.05) is 0 Å². The van der Waals surface area contributed by atoms with Crippen LogP contribution in [0.4, 0.5) is 4.39 Å². The molecule has 1 aromatic carbocycles. The Kier molecular flexibility index (Phi) is 3.92. The molecule has 0 saturated heterocycles. The molecular weight excluding hydrogens is 365 g/mol. The number of pyridine rings is 1. The van der Waals surface area contributed by atoms with Crippen LogP contribution in [0.5, 0.6) is 0 Å². The van der Waals surface area contributed by atoms with Crippen LogP contribution < -0.4 is 0 Å². The van der Waals surface area contributed by atoms with Crippen molar-refractivity contribution < 1.29 is 9.18 Å². The van der Waals surface area contributed by atoms with Crippen molar-refractivity contribution in [3.05, 3.63) is 62.0 Å². The first-order valence-corrected chi connectivity index (χ1v) is 6.69.